The molecule has 0 bridgehead atoms. The maximum Gasteiger partial charge on any atom is 0.226 e. The molecule has 5 nitrogen and oxygen atoms in total. The number of nitrogens with zero attached hydrogens (tertiary/aromatic N) is 2. The van der Waals surface area contributed by atoms with Crippen LogP contribution in [0.2, 0.25) is 0 Å². The molecule has 5 heteroatoms. The fraction of sp³-hybridized carbons (Fsp3) is 0.500. The molecule has 0 unspecified atom stereocenters. The van der Waals surface area contributed by atoms with Crippen molar-refractivity contribution in [2.75, 3.05) is 25.0 Å². The molecule has 0 spiro atoms. The van der Waals surface area contributed by atoms with Gasteiger partial charge in [0.15, 0.2) is 0 Å². The second-order valence-corrected chi connectivity index (χ2v) is 5.68. The number of carbonyl (C=O) groups excluding carboxylic acids is 1. The third-order valence-corrected chi connectivity index (χ3v) is 4.23. The first kappa shape index (κ1) is 14.1. The maximum absolute atomic E-state index is 11.7. The highest BCUT2D eigenvalue weighted by Gasteiger charge is 2.17. The number of rotatable bonds is 5. The van der Waals surface area contributed by atoms with E-state index in [2.05, 4.69) is 20.9 Å². The Kier molecular flexibility index (Phi) is 4.20. The van der Waals surface area contributed by atoms with Crippen molar-refractivity contribution in [1.29, 1.82) is 0 Å². The van der Waals surface area contributed by atoms with Crippen LogP contribution in [-0.4, -0.2) is 35.1 Å². The van der Waals surface area contributed by atoms with E-state index in [1.807, 2.05) is 25.1 Å². The van der Waals surface area contributed by atoms with Crippen LogP contribution in [0.15, 0.2) is 24.3 Å². The Morgan fingerprint density at radius 2 is 2.10 bits per heavy atom. The molecule has 1 aliphatic rings. The summed E-state index contributed by atoms with van der Waals surface area (Å²) in [6.45, 7) is 6.38. The molecule has 1 aromatic heterocycles. The Balaban J connectivity index is 1.85. The molecule has 1 aromatic carbocycles. The largest absolute Gasteiger partial charge is 0.333 e. The van der Waals surface area contributed by atoms with Gasteiger partial charge in [-0.2, -0.15) is 0 Å². The maximum atomic E-state index is 11.7. The van der Waals surface area contributed by atoms with Crippen molar-refractivity contribution >= 4 is 22.9 Å². The van der Waals surface area contributed by atoms with Crippen molar-refractivity contribution in [3.05, 3.63) is 24.3 Å². The number of aromatic nitrogens is 2. The average molecular weight is 287 g/mol. The highest BCUT2D eigenvalue weighted by Crippen LogP contribution is 2.19. The standard InChI is InChI=1S/C16H22N4O/c1-2-15(21)18-16-17-13-7-3-4-8-14(13)20(16)12-11-19-9-5-6-10-19/h3-4,7-8H,2,5-6,9-12H2,1H3,(H,17,18,21)/p+1. The van der Waals surface area contributed by atoms with Gasteiger partial charge in [-0.1, -0.05) is 19.1 Å². The van der Waals surface area contributed by atoms with Gasteiger partial charge in [-0.25, -0.2) is 4.98 Å². The zero-order chi connectivity index (χ0) is 14.7. The lowest BCUT2D eigenvalue weighted by Gasteiger charge is -2.14. The SMILES string of the molecule is CCC(=O)Nc1nc2ccccc2n1CC[NH+]1CCCC1. The van der Waals surface area contributed by atoms with Crippen LogP contribution in [0.5, 0.6) is 0 Å². The third-order valence-electron chi connectivity index (χ3n) is 4.23. The van der Waals surface area contributed by atoms with Gasteiger partial charge < -0.3 is 9.47 Å². The summed E-state index contributed by atoms with van der Waals surface area (Å²) in [4.78, 5) is 17.9. The van der Waals surface area contributed by atoms with E-state index in [1.54, 1.807) is 4.90 Å². The van der Waals surface area contributed by atoms with Gasteiger partial charge in [0.05, 0.1) is 37.2 Å². The number of likely N-dealkylation sites (tertiary alicyclic amines) is 1. The minimum Gasteiger partial charge on any atom is -0.333 e. The van der Waals surface area contributed by atoms with Crippen LogP contribution in [0.4, 0.5) is 5.95 Å². The van der Waals surface area contributed by atoms with Crippen molar-refractivity contribution < 1.29 is 9.69 Å². The van der Waals surface area contributed by atoms with Gasteiger partial charge in [0, 0.05) is 19.3 Å². The Morgan fingerprint density at radius 3 is 2.86 bits per heavy atom. The normalized spacial score (nSPS) is 15.7. The molecule has 112 valence electrons. The lowest BCUT2D eigenvalue weighted by atomic mass is 10.3. The van der Waals surface area contributed by atoms with Crippen LogP contribution in [0, 0.1) is 0 Å². The summed E-state index contributed by atoms with van der Waals surface area (Å²) in [7, 11) is 0. The second kappa shape index (κ2) is 6.26. The Morgan fingerprint density at radius 1 is 1.33 bits per heavy atom. The van der Waals surface area contributed by atoms with Crippen LogP contribution in [0.25, 0.3) is 11.0 Å². The predicted molar refractivity (Wildman–Crippen MR) is 83.5 cm³/mol. The first-order chi connectivity index (χ1) is 10.3. The van der Waals surface area contributed by atoms with E-state index in [0.717, 1.165) is 24.1 Å². The second-order valence-electron chi connectivity index (χ2n) is 5.68. The molecule has 0 aliphatic carbocycles. The molecular formula is C16H23N4O+. The number of hydrogen-bond acceptors (Lipinski definition) is 2. The predicted octanol–water partition coefficient (Wildman–Crippen LogP) is 1.06. The number of amides is 1. The first-order valence-corrected chi connectivity index (χ1v) is 7.86. The summed E-state index contributed by atoms with van der Waals surface area (Å²) in [5.41, 5.74) is 2.04. The number of anilines is 1. The van der Waals surface area contributed by atoms with Crippen LogP contribution in [-0.2, 0) is 11.3 Å². The monoisotopic (exact) mass is 287 g/mol. The van der Waals surface area contributed by atoms with Gasteiger partial charge in [0.1, 0.15) is 0 Å². The molecule has 1 aliphatic heterocycles. The van der Waals surface area contributed by atoms with E-state index < -0.39 is 0 Å². The lowest BCUT2D eigenvalue weighted by molar-refractivity contribution is -0.887. The van der Waals surface area contributed by atoms with E-state index in [9.17, 15) is 4.79 Å². The van der Waals surface area contributed by atoms with Gasteiger partial charge in [-0.3, -0.25) is 10.1 Å². The van der Waals surface area contributed by atoms with Gasteiger partial charge >= 0.3 is 0 Å². The van der Waals surface area contributed by atoms with Crippen LogP contribution in [0.3, 0.4) is 0 Å². The Hall–Kier alpha value is -1.88. The van der Waals surface area contributed by atoms with E-state index in [1.165, 1.54) is 25.9 Å². The minimum absolute atomic E-state index is 0.0140. The molecular weight excluding hydrogens is 264 g/mol. The molecule has 2 aromatic rings. The molecule has 21 heavy (non-hydrogen) atoms. The minimum atomic E-state index is 0.0140. The Bertz CT molecular complexity index is 628. The highest BCUT2D eigenvalue weighted by atomic mass is 16.1. The lowest BCUT2D eigenvalue weighted by Crippen LogP contribution is -3.10. The zero-order valence-electron chi connectivity index (χ0n) is 12.6. The highest BCUT2D eigenvalue weighted by molar-refractivity contribution is 5.91. The van der Waals surface area contributed by atoms with E-state index in [-0.39, 0.29) is 5.91 Å². The molecule has 0 atom stereocenters. The fourth-order valence-corrected chi connectivity index (χ4v) is 3.01. The average Bonchev–Trinajstić information content (AvgIpc) is 3.12. The van der Waals surface area contributed by atoms with Crippen LogP contribution in [0.1, 0.15) is 26.2 Å². The number of imidazole rings is 1. The topological polar surface area (TPSA) is 51.4 Å². The Labute approximate surface area is 125 Å². The van der Waals surface area contributed by atoms with Crippen LogP contribution < -0.4 is 10.2 Å². The smallest absolute Gasteiger partial charge is 0.226 e. The summed E-state index contributed by atoms with van der Waals surface area (Å²) in [6.07, 6.45) is 3.14. The number of para-hydroxylation sites is 2. The number of quaternary nitrogens is 1. The molecule has 3 rings (SSSR count). The molecule has 1 fully saturated rings. The van der Waals surface area contributed by atoms with E-state index >= 15 is 0 Å². The summed E-state index contributed by atoms with van der Waals surface area (Å²) in [6, 6.07) is 8.07. The van der Waals surface area contributed by atoms with Crippen molar-refractivity contribution in [2.45, 2.75) is 32.7 Å². The number of carbonyl (C=O) groups is 1. The molecule has 0 saturated carbocycles. The summed E-state index contributed by atoms with van der Waals surface area (Å²) < 4.78 is 2.15. The van der Waals surface area contributed by atoms with E-state index in [4.69, 9.17) is 0 Å². The molecule has 1 amide bonds. The van der Waals surface area contributed by atoms with E-state index in [0.29, 0.717) is 12.4 Å². The first-order valence-electron chi connectivity index (χ1n) is 7.86. The van der Waals surface area contributed by atoms with Gasteiger partial charge in [0.2, 0.25) is 11.9 Å². The van der Waals surface area contributed by atoms with Crippen molar-refractivity contribution in [2.24, 2.45) is 0 Å². The quantitative estimate of drug-likeness (QED) is 0.864. The molecule has 2 heterocycles. The summed E-state index contributed by atoms with van der Waals surface area (Å²) >= 11 is 0. The number of fused-ring (bicyclic) bond motifs is 1. The number of nitrogens with one attached hydrogen (secondary N) is 2. The molecule has 1 saturated heterocycles. The summed E-state index contributed by atoms with van der Waals surface area (Å²) in [5, 5.41) is 2.93. The molecule has 0 radical (unpaired) electrons. The van der Waals surface area contributed by atoms with Crippen molar-refractivity contribution in [3.8, 4) is 0 Å². The van der Waals surface area contributed by atoms with Gasteiger partial charge in [-0.05, 0) is 12.1 Å². The zero-order valence-corrected chi connectivity index (χ0v) is 12.6. The third kappa shape index (κ3) is 3.08. The number of hydrogen-bond donors (Lipinski definition) is 2. The summed E-state index contributed by atoms with van der Waals surface area (Å²) in [5.74, 6) is 0.696. The number of benzene rings is 1. The van der Waals surface area contributed by atoms with Crippen molar-refractivity contribution in [3.63, 3.8) is 0 Å². The van der Waals surface area contributed by atoms with Crippen LogP contribution >= 0.6 is 0 Å². The fourth-order valence-electron chi connectivity index (χ4n) is 3.01. The van der Waals surface area contributed by atoms with Gasteiger partial charge in [-0.15, -0.1) is 0 Å². The van der Waals surface area contributed by atoms with Gasteiger partial charge in [0.25, 0.3) is 0 Å². The molecule has 2 N–H and O–H groups in total. The van der Waals surface area contributed by atoms with Crippen molar-refractivity contribution in [1.82, 2.24) is 9.55 Å².